The lowest BCUT2D eigenvalue weighted by Gasteiger charge is -2.25. The van der Waals surface area contributed by atoms with Crippen molar-refractivity contribution in [3.05, 3.63) is 76.9 Å². The Balaban J connectivity index is 1.68. The summed E-state index contributed by atoms with van der Waals surface area (Å²) in [6, 6.07) is 13.7. The Kier molecular flexibility index (Phi) is 6.28. The monoisotopic (exact) mass is 402 g/mol. The molecule has 0 spiro atoms. The molecule has 0 radical (unpaired) electrons. The van der Waals surface area contributed by atoms with Crippen molar-refractivity contribution in [3.8, 4) is 6.07 Å². The standard InChI is InChI=1S/C23H22N4O3/c1-14-18(13-25-22(29)17-6-3-5-16(11-17)12-24)7-4-8-19(14)15(2)26-20-9-10-21(28)27-23(20)30/h3-8,11,20,26H,2,9-10,13H2,1H3,(H,25,29)(H,27,28,30). The summed E-state index contributed by atoms with van der Waals surface area (Å²) in [4.78, 5) is 35.7. The quantitative estimate of drug-likeness (QED) is 0.641. The summed E-state index contributed by atoms with van der Waals surface area (Å²) in [5.74, 6) is -0.886. The number of carbonyl (C=O) groups is 3. The molecule has 1 aliphatic rings. The van der Waals surface area contributed by atoms with Gasteiger partial charge in [0.15, 0.2) is 0 Å². The van der Waals surface area contributed by atoms with Crippen LogP contribution in [0.1, 0.15) is 45.5 Å². The molecule has 0 bridgehead atoms. The summed E-state index contributed by atoms with van der Waals surface area (Å²) in [6.07, 6.45) is 0.703. The summed E-state index contributed by atoms with van der Waals surface area (Å²) in [5.41, 5.74) is 4.09. The summed E-state index contributed by atoms with van der Waals surface area (Å²) in [6.45, 7) is 6.27. The van der Waals surface area contributed by atoms with E-state index < -0.39 is 6.04 Å². The van der Waals surface area contributed by atoms with Gasteiger partial charge in [-0.15, -0.1) is 0 Å². The third kappa shape index (κ3) is 4.73. The van der Waals surface area contributed by atoms with Crippen LogP contribution in [0.2, 0.25) is 0 Å². The highest BCUT2D eigenvalue weighted by Gasteiger charge is 2.27. The van der Waals surface area contributed by atoms with E-state index in [1.54, 1.807) is 24.3 Å². The summed E-state index contributed by atoms with van der Waals surface area (Å²) < 4.78 is 0. The number of nitrogens with zero attached hydrogens (tertiary/aromatic N) is 1. The molecule has 1 atom stereocenters. The normalized spacial score (nSPS) is 15.7. The van der Waals surface area contributed by atoms with Crippen molar-refractivity contribution in [2.45, 2.75) is 32.4 Å². The zero-order valence-electron chi connectivity index (χ0n) is 16.6. The molecule has 2 aromatic rings. The Hall–Kier alpha value is -3.92. The number of piperidine rings is 1. The van der Waals surface area contributed by atoms with Crippen molar-refractivity contribution < 1.29 is 14.4 Å². The Bertz CT molecular complexity index is 1070. The van der Waals surface area contributed by atoms with Gasteiger partial charge in [0.25, 0.3) is 5.91 Å². The zero-order chi connectivity index (χ0) is 21.7. The number of benzene rings is 2. The molecule has 7 heteroatoms. The zero-order valence-corrected chi connectivity index (χ0v) is 16.6. The molecule has 3 N–H and O–H groups in total. The average Bonchev–Trinajstić information content (AvgIpc) is 2.74. The number of hydrogen-bond donors (Lipinski definition) is 3. The van der Waals surface area contributed by atoms with Crippen molar-refractivity contribution in [3.63, 3.8) is 0 Å². The first-order valence-electron chi connectivity index (χ1n) is 9.55. The Labute approximate surface area is 174 Å². The van der Waals surface area contributed by atoms with Crippen LogP contribution in [-0.2, 0) is 16.1 Å². The van der Waals surface area contributed by atoms with Gasteiger partial charge >= 0.3 is 0 Å². The molecule has 0 aliphatic carbocycles. The molecule has 1 aliphatic heterocycles. The third-order valence-corrected chi connectivity index (χ3v) is 5.05. The number of amides is 3. The molecule has 1 unspecified atom stereocenters. The van der Waals surface area contributed by atoms with E-state index in [9.17, 15) is 14.4 Å². The molecule has 0 saturated carbocycles. The van der Waals surface area contributed by atoms with E-state index >= 15 is 0 Å². The predicted octanol–water partition coefficient (Wildman–Crippen LogP) is 2.16. The second-order valence-electron chi connectivity index (χ2n) is 7.09. The van der Waals surface area contributed by atoms with Gasteiger partial charge in [-0.25, -0.2) is 0 Å². The maximum absolute atomic E-state index is 12.4. The molecule has 2 aromatic carbocycles. The number of carbonyl (C=O) groups excluding carboxylic acids is 3. The number of nitriles is 1. The van der Waals surface area contributed by atoms with Gasteiger partial charge in [0, 0.05) is 29.8 Å². The van der Waals surface area contributed by atoms with Crippen LogP contribution in [0.5, 0.6) is 0 Å². The van der Waals surface area contributed by atoms with Gasteiger partial charge in [-0.05, 0) is 42.7 Å². The van der Waals surface area contributed by atoms with Crippen molar-refractivity contribution >= 4 is 23.4 Å². The molecule has 30 heavy (non-hydrogen) atoms. The maximum Gasteiger partial charge on any atom is 0.251 e. The van der Waals surface area contributed by atoms with E-state index in [0.29, 0.717) is 29.8 Å². The summed E-state index contributed by atoms with van der Waals surface area (Å²) in [5, 5.41) is 17.3. The van der Waals surface area contributed by atoms with Crippen molar-refractivity contribution in [2.75, 3.05) is 0 Å². The first kappa shape index (κ1) is 20.8. The molecular formula is C23H22N4O3. The number of nitrogens with one attached hydrogen (secondary N) is 3. The molecule has 152 valence electrons. The van der Waals surface area contributed by atoms with Crippen molar-refractivity contribution in [1.29, 1.82) is 5.26 Å². The van der Waals surface area contributed by atoms with E-state index in [-0.39, 0.29) is 24.1 Å². The van der Waals surface area contributed by atoms with Gasteiger partial charge in [0.05, 0.1) is 11.6 Å². The predicted molar refractivity (Wildman–Crippen MR) is 112 cm³/mol. The SMILES string of the molecule is C=C(NC1CCC(=O)NC1=O)c1cccc(CNC(=O)c2cccc(C#N)c2)c1C. The lowest BCUT2D eigenvalue weighted by molar-refractivity contribution is -0.134. The van der Waals surface area contributed by atoms with E-state index in [1.807, 2.05) is 31.2 Å². The first-order chi connectivity index (χ1) is 14.4. The van der Waals surface area contributed by atoms with E-state index in [0.717, 1.165) is 16.7 Å². The van der Waals surface area contributed by atoms with Gasteiger partial charge in [0.1, 0.15) is 6.04 Å². The molecule has 3 rings (SSSR count). The Morgan fingerprint density at radius 2 is 2.03 bits per heavy atom. The summed E-state index contributed by atoms with van der Waals surface area (Å²) in [7, 11) is 0. The lowest BCUT2D eigenvalue weighted by Crippen LogP contribution is -2.50. The molecule has 3 amide bonds. The smallest absolute Gasteiger partial charge is 0.251 e. The fourth-order valence-corrected chi connectivity index (χ4v) is 3.33. The lowest BCUT2D eigenvalue weighted by atomic mass is 9.98. The highest BCUT2D eigenvalue weighted by Crippen LogP contribution is 2.21. The number of imide groups is 1. The highest BCUT2D eigenvalue weighted by molar-refractivity contribution is 6.00. The Morgan fingerprint density at radius 1 is 1.27 bits per heavy atom. The van der Waals surface area contributed by atoms with Gasteiger partial charge < -0.3 is 10.6 Å². The largest absolute Gasteiger partial charge is 0.374 e. The van der Waals surface area contributed by atoms with Crippen LogP contribution in [0.25, 0.3) is 5.70 Å². The first-order valence-corrected chi connectivity index (χ1v) is 9.55. The van der Waals surface area contributed by atoms with Gasteiger partial charge in [-0.2, -0.15) is 5.26 Å². The molecule has 1 saturated heterocycles. The van der Waals surface area contributed by atoms with Crippen LogP contribution >= 0.6 is 0 Å². The van der Waals surface area contributed by atoms with Crippen LogP contribution in [-0.4, -0.2) is 23.8 Å². The minimum absolute atomic E-state index is 0.266. The van der Waals surface area contributed by atoms with Crippen molar-refractivity contribution in [1.82, 2.24) is 16.0 Å². The van der Waals surface area contributed by atoms with Crippen molar-refractivity contribution in [2.24, 2.45) is 0 Å². The highest BCUT2D eigenvalue weighted by atomic mass is 16.2. The van der Waals surface area contributed by atoms with E-state index in [1.165, 1.54) is 0 Å². The van der Waals surface area contributed by atoms with Crippen LogP contribution < -0.4 is 16.0 Å². The minimum Gasteiger partial charge on any atom is -0.374 e. The second kappa shape index (κ2) is 9.05. The third-order valence-electron chi connectivity index (χ3n) is 5.05. The van der Waals surface area contributed by atoms with Crippen LogP contribution in [0.15, 0.2) is 49.0 Å². The number of hydrogen-bond acceptors (Lipinski definition) is 5. The fourth-order valence-electron chi connectivity index (χ4n) is 3.33. The minimum atomic E-state index is -0.509. The van der Waals surface area contributed by atoms with Gasteiger partial charge in [-0.3, -0.25) is 19.7 Å². The maximum atomic E-state index is 12.4. The fraction of sp³-hybridized carbons (Fsp3) is 0.217. The molecule has 1 fully saturated rings. The van der Waals surface area contributed by atoms with Crippen LogP contribution in [0.4, 0.5) is 0 Å². The van der Waals surface area contributed by atoms with E-state index in [4.69, 9.17) is 5.26 Å². The molecule has 7 nitrogen and oxygen atoms in total. The van der Waals surface area contributed by atoms with Crippen LogP contribution in [0, 0.1) is 18.3 Å². The topological polar surface area (TPSA) is 111 Å². The molecule has 0 aromatic heterocycles. The molecule has 1 heterocycles. The van der Waals surface area contributed by atoms with Gasteiger partial charge in [-0.1, -0.05) is 30.8 Å². The molecular weight excluding hydrogens is 380 g/mol. The van der Waals surface area contributed by atoms with Gasteiger partial charge in [0.2, 0.25) is 11.8 Å². The van der Waals surface area contributed by atoms with Crippen LogP contribution in [0.3, 0.4) is 0 Å². The average molecular weight is 402 g/mol. The second-order valence-corrected chi connectivity index (χ2v) is 7.09. The van der Waals surface area contributed by atoms with E-state index in [2.05, 4.69) is 22.5 Å². The number of rotatable bonds is 6. The Morgan fingerprint density at radius 3 is 2.77 bits per heavy atom. The summed E-state index contributed by atoms with van der Waals surface area (Å²) >= 11 is 0.